The molecule has 6 nitrogen and oxygen atoms in total. The number of nitrogens with one attached hydrogen (secondary N) is 2. The van der Waals surface area contributed by atoms with E-state index >= 15 is 0 Å². The van der Waals surface area contributed by atoms with Crippen molar-refractivity contribution in [2.45, 2.75) is 6.18 Å². The number of aromatic nitrogens is 1. The third kappa shape index (κ3) is 3.19. The second-order valence-electron chi connectivity index (χ2n) is 4.94. The quantitative estimate of drug-likeness (QED) is 0.880. The highest BCUT2D eigenvalue weighted by Crippen LogP contribution is 2.31. The van der Waals surface area contributed by atoms with Gasteiger partial charge in [-0.3, -0.25) is 9.59 Å². The first-order valence-corrected chi connectivity index (χ1v) is 6.85. The van der Waals surface area contributed by atoms with Gasteiger partial charge >= 0.3 is 6.18 Å². The van der Waals surface area contributed by atoms with Crippen molar-refractivity contribution in [3.05, 3.63) is 51.9 Å². The van der Waals surface area contributed by atoms with Crippen LogP contribution in [-0.2, 0) is 6.18 Å². The van der Waals surface area contributed by atoms with Crippen molar-refractivity contribution in [1.82, 2.24) is 4.98 Å². The van der Waals surface area contributed by atoms with Gasteiger partial charge in [0.25, 0.3) is 11.5 Å². The Morgan fingerprint density at radius 3 is 2.54 bits per heavy atom. The van der Waals surface area contributed by atoms with Gasteiger partial charge in [0.1, 0.15) is 18.9 Å². The van der Waals surface area contributed by atoms with Crippen LogP contribution in [0.15, 0.2) is 35.3 Å². The van der Waals surface area contributed by atoms with Crippen LogP contribution in [0.3, 0.4) is 0 Å². The number of benzene rings is 1. The maximum atomic E-state index is 12.7. The predicted octanol–water partition coefficient (Wildman–Crippen LogP) is 2.42. The van der Waals surface area contributed by atoms with Crippen LogP contribution in [0.2, 0.25) is 0 Å². The summed E-state index contributed by atoms with van der Waals surface area (Å²) in [5.74, 6) is 0.0818. The fourth-order valence-corrected chi connectivity index (χ4v) is 2.12. The number of anilines is 1. The molecule has 1 aliphatic rings. The molecule has 0 saturated carbocycles. The van der Waals surface area contributed by atoms with Crippen LogP contribution in [0.4, 0.5) is 18.9 Å². The summed E-state index contributed by atoms with van der Waals surface area (Å²) in [6.07, 6.45) is -4.09. The topological polar surface area (TPSA) is 80.4 Å². The first-order valence-electron chi connectivity index (χ1n) is 6.85. The van der Waals surface area contributed by atoms with E-state index in [1.54, 1.807) is 0 Å². The lowest BCUT2D eigenvalue weighted by Crippen LogP contribution is -2.22. The third-order valence-corrected chi connectivity index (χ3v) is 3.28. The summed E-state index contributed by atoms with van der Waals surface area (Å²) in [5.41, 5.74) is -2.28. The maximum Gasteiger partial charge on any atom is 0.417 e. The molecule has 1 aliphatic heterocycles. The first-order chi connectivity index (χ1) is 11.3. The molecular formula is C15H11F3N2O4. The highest BCUT2D eigenvalue weighted by atomic mass is 19.4. The molecular weight excluding hydrogens is 329 g/mol. The number of pyridine rings is 1. The number of hydrogen-bond donors (Lipinski definition) is 2. The number of amides is 1. The average Bonchev–Trinajstić information content (AvgIpc) is 2.55. The van der Waals surface area contributed by atoms with Gasteiger partial charge in [0.2, 0.25) is 0 Å². The van der Waals surface area contributed by atoms with Crippen LogP contribution in [-0.4, -0.2) is 24.1 Å². The fourth-order valence-electron chi connectivity index (χ4n) is 2.12. The number of hydrogen-bond acceptors (Lipinski definition) is 4. The highest BCUT2D eigenvalue weighted by Gasteiger charge is 2.31. The minimum Gasteiger partial charge on any atom is -0.486 e. The van der Waals surface area contributed by atoms with Crippen molar-refractivity contribution in [2.24, 2.45) is 0 Å². The Hall–Kier alpha value is -2.97. The molecule has 0 aliphatic carbocycles. The number of carbonyl (C=O) groups excluding carboxylic acids is 1. The van der Waals surface area contributed by atoms with Gasteiger partial charge in [0.15, 0.2) is 11.5 Å². The van der Waals surface area contributed by atoms with Gasteiger partial charge in [-0.2, -0.15) is 13.2 Å². The molecule has 0 fully saturated rings. The van der Waals surface area contributed by atoms with Crippen LogP contribution in [0.5, 0.6) is 11.5 Å². The Labute approximate surface area is 133 Å². The Kier molecular flexibility index (Phi) is 3.92. The summed E-state index contributed by atoms with van der Waals surface area (Å²) in [4.78, 5) is 25.7. The van der Waals surface area contributed by atoms with Crippen molar-refractivity contribution in [3.63, 3.8) is 0 Å². The van der Waals surface area contributed by atoms with Gasteiger partial charge in [-0.25, -0.2) is 0 Å². The van der Waals surface area contributed by atoms with E-state index in [2.05, 4.69) is 5.32 Å². The molecule has 3 rings (SSSR count). The number of alkyl halides is 3. The summed E-state index contributed by atoms with van der Waals surface area (Å²) in [6, 6.07) is 4.91. The van der Waals surface area contributed by atoms with Crippen molar-refractivity contribution in [3.8, 4) is 11.5 Å². The molecule has 0 unspecified atom stereocenters. The summed E-state index contributed by atoms with van der Waals surface area (Å²) in [5, 5.41) is 2.17. The monoisotopic (exact) mass is 340 g/mol. The number of aromatic amines is 1. The molecule has 0 atom stereocenters. The molecule has 0 bridgehead atoms. The summed E-state index contributed by atoms with van der Waals surface area (Å²) in [7, 11) is 0. The van der Waals surface area contributed by atoms with E-state index in [4.69, 9.17) is 9.47 Å². The predicted molar refractivity (Wildman–Crippen MR) is 77.4 cm³/mol. The number of H-pyrrole nitrogens is 1. The van der Waals surface area contributed by atoms with Gasteiger partial charge in [-0.15, -0.1) is 0 Å². The third-order valence-electron chi connectivity index (χ3n) is 3.28. The van der Waals surface area contributed by atoms with E-state index in [-0.39, 0.29) is 5.56 Å². The van der Waals surface area contributed by atoms with E-state index in [0.29, 0.717) is 37.0 Å². The summed E-state index contributed by atoms with van der Waals surface area (Å²) >= 11 is 0. The van der Waals surface area contributed by atoms with Gasteiger partial charge in [0.05, 0.1) is 5.56 Å². The van der Waals surface area contributed by atoms with Crippen molar-refractivity contribution < 1.29 is 27.4 Å². The highest BCUT2D eigenvalue weighted by molar-refractivity contribution is 6.04. The second-order valence-corrected chi connectivity index (χ2v) is 4.94. The molecule has 24 heavy (non-hydrogen) atoms. The smallest absolute Gasteiger partial charge is 0.417 e. The molecule has 1 aromatic heterocycles. The molecule has 1 amide bonds. The van der Waals surface area contributed by atoms with E-state index in [0.717, 1.165) is 0 Å². The van der Waals surface area contributed by atoms with Crippen LogP contribution in [0, 0.1) is 0 Å². The van der Waals surface area contributed by atoms with Crippen molar-refractivity contribution in [1.29, 1.82) is 0 Å². The van der Waals surface area contributed by atoms with Crippen LogP contribution in [0.25, 0.3) is 0 Å². The zero-order valence-electron chi connectivity index (χ0n) is 12.1. The molecule has 9 heteroatoms. The zero-order chi connectivity index (χ0) is 17.3. The first kappa shape index (κ1) is 15.9. The van der Waals surface area contributed by atoms with Crippen LogP contribution in [0.1, 0.15) is 15.9 Å². The van der Waals surface area contributed by atoms with Gasteiger partial charge in [-0.1, -0.05) is 0 Å². The summed E-state index contributed by atoms with van der Waals surface area (Å²) < 4.78 is 48.7. The minimum absolute atomic E-state index is 0.121. The molecule has 126 valence electrons. The molecule has 2 heterocycles. The van der Waals surface area contributed by atoms with Gasteiger partial charge in [0, 0.05) is 11.8 Å². The Morgan fingerprint density at radius 1 is 1.12 bits per heavy atom. The molecule has 0 spiro atoms. The number of fused-ring (bicyclic) bond motifs is 1. The Morgan fingerprint density at radius 2 is 1.83 bits per heavy atom. The Bertz CT molecular complexity index is 845. The molecule has 1 aromatic carbocycles. The SMILES string of the molecule is O=C(Nc1cc(C(F)(F)F)c[nH]c1=O)c1ccc2c(c1)OCCO2. The minimum atomic E-state index is -4.64. The molecule has 2 aromatic rings. The lowest BCUT2D eigenvalue weighted by molar-refractivity contribution is -0.137. The number of halogens is 3. The summed E-state index contributed by atoms with van der Waals surface area (Å²) in [6.45, 7) is 0.712. The second kappa shape index (κ2) is 5.91. The molecule has 2 N–H and O–H groups in total. The van der Waals surface area contributed by atoms with E-state index in [1.807, 2.05) is 4.98 Å². The van der Waals surface area contributed by atoms with E-state index in [1.165, 1.54) is 18.2 Å². The average molecular weight is 340 g/mol. The zero-order valence-corrected chi connectivity index (χ0v) is 12.1. The van der Waals surface area contributed by atoms with Gasteiger partial charge in [-0.05, 0) is 24.3 Å². The number of ether oxygens (including phenoxy) is 2. The molecule has 0 radical (unpaired) electrons. The van der Waals surface area contributed by atoms with Gasteiger partial charge < -0.3 is 19.8 Å². The lowest BCUT2D eigenvalue weighted by Gasteiger charge is -2.18. The largest absolute Gasteiger partial charge is 0.486 e. The number of rotatable bonds is 2. The normalized spacial score (nSPS) is 13.5. The van der Waals surface area contributed by atoms with E-state index < -0.39 is 28.9 Å². The fraction of sp³-hybridized carbons (Fsp3) is 0.200. The van der Waals surface area contributed by atoms with Crippen molar-refractivity contribution >= 4 is 11.6 Å². The van der Waals surface area contributed by atoms with E-state index in [9.17, 15) is 22.8 Å². The maximum absolute atomic E-state index is 12.7. The lowest BCUT2D eigenvalue weighted by atomic mass is 10.1. The molecule has 0 saturated heterocycles. The Balaban J connectivity index is 1.86. The van der Waals surface area contributed by atoms with Crippen molar-refractivity contribution in [2.75, 3.05) is 18.5 Å². The standard InChI is InChI=1S/C15H11F3N2O4/c16-15(17,18)9-6-10(14(22)19-7-9)20-13(21)8-1-2-11-12(5-8)24-4-3-23-11/h1-2,5-7H,3-4H2,(H,19,22)(H,20,21). The van der Waals surface area contributed by atoms with Crippen LogP contribution >= 0.6 is 0 Å². The van der Waals surface area contributed by atoms with Crippen LogP contribution < -0.4 is 20.3 Å². The number of carbonyl (C=O) groups is 1.